The van der Waals surface area contributed by atoms with Gasteiger partial charge in [-0.05, 0) is 38.9 Å². The highest BCUT2D eigenvalue weighted by Gasteiger charge is 2.26. The second-order valence-electron chi connectivity index (χ2n) is 4.82. The van der Waals surface area contributed by atoms with E-state index in [9.17, 15) is 18.0 Å². The molecule has 0 unspecified atom stereocenters. The third-order valence-electron chi connectivity index (χ3n) is 3.03. The maximum absolute atomic E-state index is 11.8. The van der Waals surface area contributed by atoms with Crippen molar-refractivity contribution >= 4 is 5.91 Å². The van der Waals surface area contributed by atoms with E-state index < -0.39 is 12.7 Å². The Balaban J connectivity index is 1.95. The molecule has 0 aromatic rings. The van der Waals surface area contributed by atoms with Gasteiger partial charge in [-0.15, -0.1) is 0 Å². The molecule has 0 atom stereocenters. The number of likely N-dealkylation sites (tertiary alicyclic amines) is 1. The van der Waals surface area contributed by atoms with Crippen LogP contribution in [0.3, 0.4) is 0 Å². The smallest absolute Gasteiger partial charge is 0.355 e. The number of piperidine rings is 1. The van der Waals surface area contributed by atoms with Gasteiger partial charge in [-0.2, -0.15) is 13.2 Å². The van der Waals surface area contributed by atoms with Crippen molar-refractivity contribution in [2.24, 2.45) is 0 Å². The molecule has 1 rings (SSSR count). The minimum atomic E-state index is -4.27. The fraction of sp³-hybridized carbons (Fsp3) is 0.917. The lowest BCUT2D eigenvalue weighted by Crippen LogP contribution is -2.39. The van der Waals surface area contributed by atoms with Gasteiger partial charge in [0.2, 0.25) is 5.91 Å². The van der Waals surface area contributed by atoms with Gasteiger partial charge in [-0.25, -0.2) is 0 Å². The van der Waals surface area contributed by atoms with Crippen molar-refractivity contribution < 1.29 is 18.0 Å². The first kappa shape index (κ1) is 16.2. The third kappa shape index (κ3) is 8.83. The van der Waals surface area contributed by atoms with Gasteiger partial charge < -0.3 is 15.5 Å². The van der Waals surface area contributed by atoms with Crippen LogP contribution in [0, 0.1) is 0 Å². The number of amides is 1. The van der Waals surface area contributed by atoms with Gasteiger partial charge in [0, 0.05) is 6.54 Å². The zero-order valence-corrected chi connectivity index (χ0v) is 11.1. The summed E-state index contributed by atoms with van der Waals surface area (Å²) in [6, 6.07) is 0. The van der Waals surface area contributed by atoms with Crippen molar-refractivity contribution in [3.05, 3.63) is 0 Å². The van der Waals surface area contributed by atoms with Crippen LogP contribution >= 0.6 is 0 Å². The number of nitrogens with zero attached hydrogens (tertiary/aromatic N) is 1. The number of carbonyl (C=O) groups excluding carboxylic acids is 1. The molecule has 1 heterocycles. The van der Waals surface area contributed by atoms with Crippen molar-refractivity contribution in [3.8, 4) is 0 Å². The molecule has 0 saturated carbocycles. The molecule has 0 aromatic heterocycles. The Hall–Kier alpha value is -0.820. The minimum absolute atomic E-state index is 0.288. The number of hydrogen-bond donors (Lipinski definition) is 2. The topological polar surface area (TPSA) is 44.4 Å². The van der Waals surface area contributed by atoms with Gasteiger partial charge in [-0.1, -0.05) is 6.42 Å². The van der Waals surface area contributed by atoms with E-state index in [1.54, 1.807) is 0 Å². The van der Waals surface area contributed by atoms with E-state index in [4.69, 9.17) is 0 Å². The van der Waals surface area contributed by atoms with Gasteiger partial charge in [0.05, 0.1) is 13.1 Å². The molecule has 0 spiro atoms. The zero-order valence-electron chi connectivity index (χ0n) is 11.1. The molecular weight excluding hydrogens is 259 g/mol. The van der Waals surface area contributed by atoms with Crippen LogP contribution in [0.1, 0.15) is 25.7 Å². The average molecular weight is 281 g/mol. The fourth-order valence-corrected chi connectivity index (χ4v) is 2.09. The van der Waals surface area contributed by atoms with Crippen LogP contribution in [0.25, 0.3) is 0 Å². The summed E-state index contributed by atoms with van der Waals surface area (Å²) in [5, 5.41) is 4.68. The molecule has 7 heteroatoms. The fourth-order valence-electron chi connectivity index (χ4n) is 2.09. The molecule has 1 fully saturated rings. The molecule has 1 amide bonds. The largest absolute Gasteiger partial charge is 0.401 e. The highest BCUT2D eigenvalue weighted by molar-refractivity contribution is 5.77. The van der Waals surface area contributed by atoms with Crippen LogP contribution in [-0.2, 0) is 4.79 Å². The van der Waals surface area contributed by atoms with E-state index >= 15 is 0 Å². The van der Waals surface area contributed by atoms with Gasteiger partial charge in [0.1, 0.15) is 0 Å². The standard InChI is InChI=1S/C12H22F3N3O/c13-12(14,15)10-16-9-11(19)17-5-4-8-18-6-2-1-3-7-18/h16H,1-10H2,(H,17,19). The Morgan fingerprint density at radius 1 is 1.16 bits per heavy atom. The van der Waals surface area contributed by atoms with Crippen LogP contribution in [-0.4, -0.2) is 56.3 Å². The normalized spacial score (nSPS) is 17.4. The predicted molar refractivity (Wildman–Crippen MR) is 66.8 cm³/mol. The van der Waals surface area contributed by atoms with E-state index in [1.165, 1.54) is 19.3 Å². The molecule has 0 radical (unpaired) electrons. The van der Waals surface area contributed by atoms with E-state index in [2.05, 4.69) is 15.5 Å². The van der Waals surface area contributed by atoms with Crippen LogP contribution in [0.2, 0.25) is 0 Å². The van der Waals surface area contributed by atoms with Crippen LogP contribution in [0.4, 0.5) is 13.2 Å². The van der Waals surface area contributed by atoms with Crippen LogP contribution in [0.15, 0.2) is 0 Å². The summed E-state index contributed by atoms with van der Waals surface area (Å²) in [6.07, 6.45) is 0.319. The Kier molecular flexibility index (Phi) is 7.15. The lowest BCUT2D eigenvalue weighted by Gasteiger charge is -2.26. The Morgan fingerprint density at radius 3 is 2.47 bits per heavy atom. The SMILES string of the molecule is O=C(CNCC(F)(F)F)NCCCN1CCCCC1. The Bertz CT molecular complexity index is 265. The van der Waals surface area contributed by atoms with Crippen molar-refractivity contribution in [1.82, 2.24) is 15.5 Å². The number of alkyl halides is 3. The molecule has 0 aromatic carbocycles. The molecule has 0 aliphatic carbocycles. The molecular formula is C12H22F3N3O. The Morgan fingerprint density at radius 2 is 1.84 bits per heavy atom. The van der Waals surface area contributed by atoms with Gasteiger partial charge in [0.25, 0.3) is 0 Å². The third-order valence-corrected chi connectivity index (χ3v) is 3.03. The monoisotopic (exact) mass is 281 g/mol. The minimum Gasteiger partial charge on any atom is -0.355 e. The number of halogens is 3. The summed E-state index contributed by atoms with van der Waals surface area (Å²) in [6.45, 7) is 2.26. The maximum atomic E-state index is 11.8. The average Bonchev–Trinajstić information content (AvgIpc) is 2.34. The highest BCUT2D eigenvalue weighted by atomic mass is 19.4. The van der Waals surface area contributed by atoms with E-state index in [0.29, 0.717) is 6.54 Å². The molecule has 19 heavy (non-hydrogen) atoms. The lowest BCUT2D eigenvalue weighted by molar-refractivity contribution is -0.128. The number of hydrogen-bond acceptors (Lipinski definition) is 3. The van der Waals surface area contributed by atoms with Crippen molar-refractivity contribution in [1.29, 1.82) is 0 Å². The van der Waals surface area contributed by atoms with E-state index in [1.807, 2.05) is 0 Å². The summed E-state index contributed by atoms with van der Waals surface area (Å²) in [5.74, 6) is -0.386. The summed E-state index contributed by atoms with van der Waals surface area (Å²) in [7, 11) is 0. The Labute approximate surface area is 111 Å². The molecule has 0 bridgehead atoms. The predicted octanol–water partition coefficient (Wildman–Crippen LogP) is 1.13. The van der Waals surface area contributed by atoms with Crippen molar-refractivity contribution in [3.63, 3.8) is 0 Å². The molecule has 1 saturated heterocycles. The second-order valence-corrected chi connectivity index (χ2v) is 4.82. The number of carbonyl (C=O) groups is 1. The first-order valence-corrected chi connectivity index (χ1v) is 6.74. The summed E-state index contributed by atoms with van der Waals surface area (Å²) in [5.41, 5.74) is 0. The quantitative estimate of drug-likeness (QED) is 0.688. The number of rotatable bonds is 7. The first-order valence-electron chi connectivity index (χ1n) is 6.74. The molecule has 1 aliphatic heterocycles. The molecule has 4 nitrogen and oxygen atoms in total. The van der Waals surface area contributed by atoms with Gasteiger partial charge >= 0.3 is 6.18 Å². The lowest BCUT2D eigenvalue weighted by atomic mass is 10.1. The first-order chi connectivity index (χ1) is 8.97. The van der Waals surface area contributed by atoms with Crippen LogP contribution in [0.5, 0.6) is 0 Å². The molecule has 112 valence electrons. The maximum Gasteiger partial charge on any atom is 0.401 e. The highest BCUT2D eigenvalue weighted by Crippen LogP contribution is 2.11. The summed E-state index contributed by atoms with van der Waals surface area (Å²) >= 11 is 0. The number of nitrogens with one attached hydrogen (secondary N) is 2. The zero-order chi connectivity index (χ0) is 14.1. The summed E-state index contributed by atoms with van der Waals surface area (Å²) in [4.78, 5) is 13.6. The van der Waals surface area contributed by atoms with Gasteiger partial charge in [0.15, 0.2) is 0 Å². The summed E-state index contributed by atoms with van der Waals surface area (Å²) < 4.78 is 35.5. The van der Waals surface area contributed by atoms with Crippen molar-refractivity contribution in [2.45, 2.75) is 31.9 Å². The van der Waals surface area contributed by atoms with Gasteiger partial charge in [-0.3, -0.25) is 4.79 Å². The molecule has 1 aliphatic rings. The van der Waals surface area contributed by atoms with E-state index in [0.717, 1.165) is 26.1 Å². The molecule has 2 N–H and O–H groups in total. The van der Waals surface area contributed by atoms with Crippen LogP contribution < -0.4 is 10.6 Å². The van der Waals surface area contributed by atoms with E-state index in [-0.39, 0.29) is 12.5 Å². The van der Waals surface area contributed by atoms with Crippen molar-refractivity contribution in [2.75, 3.05) is 39.3 Å². The second kappa shape index (κ2) is 8.37.